The number of hydrogen-bond acceptors (Lipinski definition) is 6. The van der Waals surface area contributed by atoms with Crippen LogP contribution in [0.15, 0.2) is 12.1 Å². The summed E-state index contributed by atoms with van der Waals surface area (Å²) in [7, 11) is 0. The zero-order valence-corrected chi connectivity index (χ0v) is 20.3. The van der Waals surface area contributed by atoms with Crippen molar-refractivity contribution in [2.24, 2.45) is 0 Å². The summed E-state index contributed by atoms with van der Waals surface area (Å²) in [4.78, 5) is 0. The summed E-state index contributed by atoms with van der Waals surface area (Å²) in [6, 6.07) is 4.00. The highest BCUT2D eigenvalue weighted by atomic mass is 127. The summed E-state index contributed by atoms with van der Waals surface area (Å²) in [6.07, 6.45) is 6.38. The van der Waals surface area contributed by atoms with E-state index in [9.17, 15) is 0 Å². The van der Waals surface area contributed by atoms with E-state index in [0.29, 0.717) is 26.4 Å². The van der Waals surface area contributed by atoms with Gasteiger partial charge >= 0.3 is 0 Å². The molecule has 2 aliphatic heterocycles. The number of hydrogen-bond donors (Lipinski definition) is 0. The van der Waals surface area contributed by atoms with Crippen LogP contribution in [0.3, 0.4) is 0 Å². The summed E-state index contributed by atoms with van der Waals surface area (Å²) >= 11 is 4.54. The Balaban J connectivity index is 1.36. The first kappa shape index (κ1) is 22.8. The van der Waals surface area contributed by atoms with Gasteiger partial charge in [0, 0.05) is 13.2 Å². The van der Waals surface area contributed by atoms with Crippen LogP contribution in [0.2, 0.25) is 0 Å². The van der Waals surface area contributed by atoms with Crippen molar-refractivity contribution in [1.82, 2.24) is 0 Å². The van der Waals surface area contributed by atoms with Gasteiger partial charge in [-0.25, -0.2) is 0 Å². The first-order valence-corrected chi connectivity index (χ1v) is 12.1. The van der Waals surface area contributed by atoms with Gasteiger partial charge in [0.05, 0.1) is 20.4 Å². The van der Waals surface area contributed by atoms with Crippen LogP contribution in [0.5, 0.6) is 11.5 Å². The normalized spacial score (nSPS) is 22.8. The van der Waals surface area contributed by atoms with E-state index in [2.05, 4.69) is 45.2 Å². The molecule has 0 bridgehead atoms. The fourth-order valence-corrected chi connectivity index (χ4v) is 4.27. The van der Waals surface area contributed by atoms with E-state index in [-0.39, 0.29) is 12.6 Å². The first-order chi connectivity index (χ1) is 13.7. The quantitative estimate of drug-likeness (QED) is 0.279. The van der Waals surface area contributed by atoms with Crippen LogP contribution < -0.4 is 9.47 Å². The Labute approximate surface area is 194 Å². The predicted octanol–water partition coefficient (Wildman–Crippen LogP) is 4.74. The molecule has 1 aromatic carbocycles. The molecule has 2 heterocycles. The van der Waals surface area contributed by atoms with Crippen LogP contribution in [-0.4, -0.2) is 52.2 Å². The highest BCUT2D eigenvalue weighted by molar-refractivity contribution is 14.1. The Hall–Kier alpha value is 0.120. The van der Waals surface area contributed by atoms with Crippen LogP contribution in [0, 0.1) is 7.14 Å². The van der Waals surface area contributed by atoms with Crippen molar-refractivity contribution in [2.75, 3.05) is 39.6 Å². The van der Waals surface area contributed by atoms with Crippen LogP contribution in [0.4, 0.5) is 0 Å². The van der Waals surface area contributed by atoms with Crippen molar-refractivity contribution < 1.29 is 28.4 Å². The largest absolute Gasteiger partial charge is 0.490 e. The second-order valence-electron chi connectivity index (χ2n) is 6.74. The average molecular weight is 618 g/mol. The van der Waals surface area contributed by atoms with Crippen molar-refractivity contribution in [2.45, 2.75) is 51.1 Å². The molecule has 2 unspecified atom stereocenters. The predicted molar refractivity (Wildman–Crippen MR) is 122 cm³/mol. The minimum absolute atomic E-state index is 0.0754. The maximum atomic E-state index is 5.88. The van der Waals surface area contributed by atoms with Crippen LogP contribution in [-0.2, 0) is 18.9 Å². The Morgan fingerprint density at radius 2 is 1.18 bits per heavy atom. The van der Waals surface area contributed by atoms with E-state index in [1.54, 1.807) is 0 Å². The van der Waals surface area contributed by atoms with Gasteiger partial charge in [-0.3, -0.25) is 0 Å². The number of halogens is 2. The summed E-state index contributed by atoms with van der Waals surface area (Å²) < 4.78 is 36.3. The van der Waals surface area contributed by atoms with Gasteiger partial charge in [-0.05, 0) is 95.8 Å². The van der Waals surface area contributed by atoms with E-state index in [4.69, 9.17) is 28.4 Å². The molecule has 0 aromatic heterocycles. The Bertz CT molecular complexity index is 537. The SMILES string of the molecule is Ic1cc(OCCOC2CCCCO2)c(I)cc1OCCOC1CCCCO1. The van der Waals surface area contributed by atoms with Gasteiger partial charge in [-0.2, -0.15) is 0 Å². The minimum Gasteiger partial charge on any atom is -0.490 e. The zero-order valence-electron chi connectivity index (χ0n) is 16.0. The molecule has 0 radical (unpaired) electrons. The molecular weight excluding hydrogens is 590 g/mol. The lowest BCUT2D eigenvalue weighted by Gasteiger charge is -2.23. The van der Waals surface area contributed by atoms with Gasteiger partial charge in [0.2, 0.25) is 0 Å². The third-order valence-corrected chi connectivity index (χ3v) is 6.24. The van der Waals surface area contributed by atoms with E-state index in [1.165, 1.54) is 12.8 Å². The molecule has 0 N–H and O–H groups in total. The van der Waals surface area contributed by atoms with E-state index >= 15 is 0 Å². The molecular formula is C20H28I2O6. The lowest BCUT2D eigenvalue weighted by atomic mass is 10.2. The molecule has 1 aromatic rings. The first-order valence-electron chi connectivity index (χ1n) is 9.93. The van der Waals surface area contributed by atoms with Crippen molar-refractivity contribution in [3.8, 4) is 11.5 Å². The fraction of sp³-hybridized carbons (Fsp3) is 0.700. The van der Waals surface area contributed by atoms with Gasteiger partial charge in [-0.1, -0.05) is 0 Å². The van der Waals surface area contributed by atoms with Gasteiger partial charge in [0.15, 0.2) is 12.6 Å². The van der Waals surface area contributed by atoms with Gasteiger partial charge in [-0.15, -0.1) is 0 Å². The van der Waals surface area contributed by atoms with Crippen molar-refractivity contribution in [3.63, 3.8) is 0 Å². The maximum Gasteiger partial charge on any atom is 0.157 e. The Morgan fingerprint density at radius 3 is 1.57 bits per heavy atom. The maximum absolute atomic E-state index is 5.88. The summed E-state index contributed by atoms with van der Waals surface area (Å²) in [5, 5.41) is 0. The zero-order chi connectivity index (χ0) is 19.6. The smallest absolute Gasteiger partial charge is 0.157 e. The molecule has 2 saturated heterocycles. The molecule has 0 amide bonds. The number of rotatable bonds is 10. The van der Waals surface area contributed by atoms with Crippen LogP contribution >= 0.6 is 45.2 Å². The molecule has 0 saturated carbocycles. The Morgan fingerprint density at radius 1 is 0.714 bits per heavy atom. The lowest BCUT2D eigenvalue weighted by Crippen LogP contribution is -2.24. The van der Waals surface area contributed by atoms with Gasteiger partial charge in [0.1, 0.15) is 24.7 Å². The fourth-order valence-electron chi connectivity index (χ4n) is 3.08. The molecule has 0 aliphatic carbocycles. The number of ether oxygens (including phenoxy) is 6. The summed E-state index contributed by atoms with van der Waals surface area (Å²) in [6.45, 7) is 3.64. The average Bonchev–Trinajstić information content (AvgIpc) is 2.73. The van der Waals surface area contributed by atoms with E-state index in [1.807, 2.05) is 12.1 Å². The van der Waals surface area contributed by atoms with Crippen molar-refractivity contribution in [1.29, 1.82) is 0 Å². The standard InChI is InChI=1S/C20H28I2O6/c21-15-14-18(24-10-12-28-20-6-2-4-8-26-20)16(22)13-17(15)23-9-11-27-19-5-1-3-7-25-19/h13-14,19-20H,1-12H2. The minimum atomic E-state index is -0.0754. The Kier molecular flexibility index (Phi) is 10.4. The number of benzene rings is 1. The third kappa shape index (κ3) is 7.75. The second kappa shape index (κ2) is 12.7. The highest BCUT2D eigenvalue weighted by Gasteiger charge is 2.15. The lowest BCUT2D eigenvalue weighted by molar-refractivity contribution is -0.165. The topological polar surface area (TPSA) is 55.4 Å². The molecule has 2 aliphatic rings. The summed E-state index contributed by atoms with van der Waals surface area (Å²) in [5.74, 6) is 1.69. The monoisotopic (exact) mass is 618 g/mol. The van der Waals surface area contributed by atoms with Crippen LogP contribution in [0.25, 0.3) is 0 Å². The van der Waals surface area contributed by atoms with Gasteiger partial charge in [0.25, 0.3) is 0 Å². The van der Waals surface area contributed by atoms with Crippen molar-refractivity contribution in [3.05, 3.63) is 19.3 Å². The highest BCUT2D eigenvalue weighted by Crippen LogP contribution is 2.31. The van der Waals surface area contributed by atoms with E-state index < -0.39 is 0 Å². The molecule has 0 spiro atoms. The molecule has 8 heteroatoms. The molecule has 158 valence electrons. The molecule has 6 nitrogen and oxygen atoms in total. The molecule has 2 atom stereocenters. The van der Waals surface area contributed by atoms with Crippen molar-refractivity contribution >= 4 is 45.2 Å². The molecule has 3 rings (SSSR count). The molecule has 2 fully saturated rings. The summed E-state index contributed by atoms with van der Waals surface area (Å²) in [5.41, 5.74) is 0. The van der Waals surface area contributed by atoms with Crippen LogP contribution in [0.1, 0.15) is 38.5 Å². The van der Waals surface area contributed by atoms with E-state index in [0.717, 1.165) is 57.5 Å². The van der Waals surface area contributed by atoms with Gasteiger partial charge < -0.3 is 28.4 Å². The molecule has 28 heavy (non-hydrogen) atoms. The third-order valence-electron chi connectivity index (χ3n) is 4.55. The second-order valence-corrected chi connectivity index (χ2v) is 9.07.